The second-order valence-electron chi connectivity index (χ2n) is 3.69. The van der Waals surface area contributed by atoms with Gasteiger partial charge in [-0.3, -0.25) is 0 Å². The zero-order chi connectivity index (χ0) is 11.9. The molecule has 0 atom stereocenters. The summed E-state index contributed by atoms with van der Waals surface area (Å²) in [6.07, 6.45) is 0.929. The highest BCUT2D eigenvalue weighted by atomic mass is 32.2. The molecule has 0 aliphatic carbocycles. The average molecular weight is 256 g/mol. The Morgan fingerprint density at radius 1 is 1.27 bits per heavy atom. The highest BCUT2D eigenvalue weighted by Gasteiger charge is 2.19. The maximum Gasteiger partial charge on any atom is 0.329 e. The van der Waals surface area contributed by atoms with Gasteiger partial charge in [0.25, 0.3) is 0 Å². The van der Waals surface area contributed by atoms with Crippen LogP contribution in [-0.4, -0.2) is 50.0 Å². The lowest BCUT2D eigenvalue weighted by atomic mass is 10.4. The van der Waals surface area contributed by atoms with Gasteiger partial charge in [-0.15, -0.1) is 0 Å². The summed E-state index contributed by atoms with van der Waals surface area (Å²) in [7, 11) is -7.04. The number of nitrogens with one attached hydrogen (secondary N) is 1. The van der Waals surface area contributed by atoms with Crippen molar-refractivity contribution in [2.45, 2.75) is 25.4 Å². The van der Waals surface area contributed by atoms with Gasteiger partial charge in [-0.1, -0.05) is 0 Å². The lowest BCUT2D eigenvalue weighted by molar-refractivity contribution is 0.366. The minimum absolute atomic E-state index is 0.290. The van der Waals surface area contributed by atoms with E-state index in [4.69, 9.17) is 9.59 Å². The Balaban J connectivity index is 3.27. The Bertz CT molecular complexity index is 261. The predicted molar refractivity (Wildman–Crippen MR) is 57.5 cm³/mol. The standard InChI is InChI=1S/C7H19NO5SSi/c1-15(12,13)7-3-5-8-4-2-6-14(9,10)11/h8,12-13H,2-7H2,1H3,(H,9,10,11)/p-1. The Labute approximate surface area is 91.3 Å². The summed E-state index contributed by atoms with van der Waals surface area (Å²) in [5.41, 5.74) is 0. The van der Waals surface area contributed by atoms with Crippen molar-refractivity contribution in [3.63, 3.8) is 0 Å². The van der Waals surface area contributed by atoms with Gasteiger partial charge in [0, 0.05) is 5.75 Å². The highest BCUT2D eigenvalue weighted by molar-refractivity contribution is 7.85. The first-order valence-corrected chi connectivity index (χ1v) is 8.98. The van der Waals surface area contributed by atoms with E-state index >= 15 is 0 Å². The van der Waals surface area contributed by atoms with E-state index in [9.17, 15) is 13.0 Å². The Morgan fingerprint density at radius 3 is 2.27 bits per heavy atom. The fourth-order valence-electron chi connectivity index (χ4n) is 1.05. The summed E-state index contributed by atoms with van der Waals surface area (Å²) < 4.78 is 30.6. The molecule has 0 fully saturated rings. The summed E-state index contributed by atoms with van der Waals surface area (Å²) in [4.78, 5) is 18.1. The fourth-order valence-corrected chi connectivity index (χ4v) is 2.39. The molecule has 0 aromatic rings. The van der Waals surface area contributed by atoms with Gasteiger partial charge in [-0.05, 0) is 38.5 Å². The van der Waals surface area contributed by atoms with E-state index in [2.05, 4.69) is 5.32 Å². The lowest BCUT2D eigenvalue weighted by Gasteiger charge is -2.11. The summed E-state index contributed by atoms with van der Waals surface area (Å²) in [6.45, 7) is 2.50. The molecule has 0 saturated carbocycles. The topological polar surface area (TPSA) is 110 Å². The molecule has 0 aromatic carbocycles. The largest absolute Gasteiger partial charge is 0.748 e. The van der Waals surface area contributed by atoms with Gasteiger partial charge in [0.1, 0.15) is 0 Å². The fraction of sp³-hybridized carbons (Fsp3) is 1.00. The molecule has 0 aliphatic rings. The molecule has 0 rings (SSSR count). The molecule has 0 bridgehead atoms. The molecular formula is C7H18NO5SSi-. The van der Waals surface area contributed by atoms with Crippen LogP contribution in [0.2, 0.25) is 12.6 Å². The van der Waals surface area contributed by atoms with Gasteiger partial charge in [0.05, 0.1) is 10.1 Å². The zero-order valence-corrected chi connectivity index (χ0v) is 10.6. The van der Waals surface area contributed by atoms with Crippen LogP contribution in [0.15, 0.2) is 0 Å². The van der Waals surface area contributed by atoms with Crippen LogP contribution < -0.4 is 5.32 Å². The maximum atomic E-state index is 10.2. The molecule has 0 saturated heterocycles. The molecule has 6 nitrogen and oxygen atoms in total. The first-order chi connectivity index (χ1) is 6.71. The predicted octanol–water partition coefficient (Wildman–Crippen LogP) is -1.04. The molecule has 0 spiro atoms. The first kappa shape index (κ1) is 15.0. The highest BCUT2D eigenvalue weighted by Crippen LogP contribution is 2.02. The van der Waals surface area contributed by atoms with E-state index in [1.54, 1.807) is 0 Å². The van der Waals surface area contributed by atoms with E-state index in [1.165, 1.54) is 6.55 Å². The van der Waals surface area contributed by atoms with Gasteiger partial charge in [-0.2, -0.15) is 0 Å². The van der Waals surface area contributed by atoms with Gasteiger partial charge in [0.15, 0.2) is 0 Å². The van der Waals surface area contributed by atoms with Crippen molar-refractivity contribution >= 4 is 18.7 Å². The SMILES string of the molecule is C[Si](O)(O)CCCNCCCS(=O)(=O)[O-]. The van der Waals surface area contributed by atoms with Crippen LogP contribution in [0.4, 0.5) is 0 Å². The number of hydrogen-bond donors (Lipinski definition) is 3. The zero-order valence-electron chi connectivity index (χ0n) is 8.77. The lowest BCUT2D eigenvalue weighted by Crippen LogP contribution is -2.31. The van der Waals surface area contributed by atoms with Crippen molar-refractivity contribution < 1.29 is 22.6 Å². The Morgan fingerprint density at radius 2 is 1.80 bits per heavy atom. The summed E-state index contributed by atoms with van der Waals surface area (Å²) in [5.74, 6) is -0.355. The van der Waals surface area contributed by atoms with Crippen molar-refractivity contribution in [3.8, 4) is 0 Å². The molecule has 8 heteroatoms. The summed E-state index contributed by atoms with van der Waals surface area (Å²) in [5, 5.41) is 2.93. The van der Waals surface area contributed by atoms with Crippen molar-refractivity contribution in [1.82, 2.24) is 5.32 Å². The number of hydrogen-bond acceptors (Lipinski definition) is 6. The van der Waals surface area contributed by atoms with Crippen LogP contribution in [-0.2, 0) is 10.1 Å². The van der Waals surface area contributed by atoms with Crippen LogP contribution in [0.5, 0.6) is 0 Å². The van der Waals surface area contributed by atoms with E-state index < -0.39 is 18.7 Å². The average Bonchev–Trinajstić information content (AvgIpc) is 1.98. The molecule has 0 radical (unpaired) electrons. The third kappa shape index (κ3) is 14.0. The normalized spacial score (nSPS) is 13.1. The van der Waals surface area contributed by atoms with Crippen molar-refractivity contribution in [2.24, 2.45) is 0 Å². The van der Waals surface area contributed by atoms with Gasteiger partial charge in [-0.25, -0.2) is 8.42 Å². The second kappa shape index (κ2) is 6.56. The maximum absolute atomic E-state index is 10.2. The number of rotatable bonds is 8. The molecule has 92 valence electrons. The van der Waals surface area contributed by atoms with Crippen molar-refractivity contribution in [2.75, 3.05) is 18.8 Å². The minimum atomic E-state index is -4.10. The van der Waals surface area contributed by atoms with Crippen LogP contribution in [0, 0.1) is 0 Å². The summed E-state index contributed by atoms with van der Waals surface area (Å²) >= 11 is 0. The minimum Gasteiger partial charge on any atom is -0.748 e. The molecule has 0 aromatic heterocycles. The van der Waals surface area contributed by atoms with E-state index in [0.29, 0.717) is 32.0 Å². The van der Waals surface area contributed by atoms with E-state index in [0.717, 1.165) is 0 Å². The Kier molecular flexibility index (Phi) is 6.56. The van der Waals surface area contributed by atoms with Crippen LogP contribution in [0.1, 0.15) is 12.8 Å². The molecule has 0 aliphatic heterocycles. The van der Waals surface area contributed by atoms with Crippen molar-refractivity contribution in [1.29, 1.82) is 0 Å². The molecular weight excluding hydrogens is 238 g/mol. The molecule has 0 unspecified atom stereocenters. The molecule has 0 heterocycles. The third-order valence-electron chi connectivity index (χ3n) is 1.75. The Hall–Kier alpha value is 0.00688. The quantitative estimate of drug-likeness (QED) is 0.291. The van der Waals surface area contributed by atoms with Crippen molar-refractivity contribution in [3.05, 3.63) is 0 Å². The molecule has 3 N–H and O–H groups in total. The molecule has 15 heavy (non-hydrogen) atoms. The first-order valence-electron chi connectivity index (χ1n) is 4.80. The second-order valence-corrected chi connectivity index (χ2v) is 8.14. The van der Waals surface area contributed by atoms with Gasteiger partial charge >= 0.3 is 8.56 Å². The smallest absolute Gasteiger partial charge is 0.329 e. The van der Waals surface area contributed by atoms with Gasteiger partial charge < -0.3 is 19.5 Å². The van der Waals surface area contributed by atoms with Gasteiger partial charge in [0.2, 0.25) is 0 Å². The summed E-state index contributed by atoms with van der Waals surface area (Å²) in [6, 6.07) is 0.389. The van der Waals surface area contributed by atoms with Crippen LogP contribution in [0.3, 0.4) is 0 Å². The van der Waals surface area contributed by atoms with E-state index in [1.807, 2.05) is 0 Å². The van der Waals surface area contributed by atoms with Crippen LogP contribution >= 0.6 is 0 Å². The third-order valence-corrected chi connectivity index (χ3v) is 3.84. The molecule has 0 amide bonds. The monoisotopic (exact) mass is 256 g/mol. The van der Waals surface area contributed by atoms with E-state index in [-0.39, 0.29) is 5.75 Å². The van der Waals surface area contributed by atoms with Crippen LogP contribution in [0.25, 0.3) is 0 Å².